The quantitative estimate of drug-likeness (QED) is 0.571. The highest BCUT2D eigenvalue weighted by Crippen LogP contribution is 2.27. The average Bonchev–Trinajstić information content (AvgIpc) is 3.02. The van der Waals surface area contributed by atoms with Crippen molar-refractivity contribution in [3.8, 4) is 17.1 Å². The zero-order valence-corrected chi connectivity index (χ0v) is 12.9. The third kappa shape index (κ3) is 2.40. The molecule has 0 spiro atoms. The molecule has 1 heterocycles. The number of hydrogen-bond acceptors (Lipinski definition) is 3. The van der Waals surface area contributed by atoms with E-state index in [1.807, 2.05) is 71.3 Å². The molecule has 1 aromatic heterocycles. The first kappa shape index (κ1) is 14.7. The fourth-order valence-electron chi connectivity index (χ4n) is 2.96. The third-order valence-corrected chi connectivity index (χ3v) is 4.05. The number of benzene rings is 3. The standard InChI is InChI=1S/C19H15BN2O2/c23-20(24)15-10-4-6-12-17(15)22-18-13-7-5-11-16(18)21-19(22)14-8-2-1-3-9-14/h1-13,23-24H. The number of imidazole rings is 1. The molecule has 116 valence electrons. The van der Waals surface area contributed by atoms with Crippen LogP contribution in [0.5, 0.6) is 0 Å². The normalized spacial score (nSPS) is 10.9. The van der Waals surface area contributed by atoms with Crippen molar-refractivity contribution < 1.29 is 10.0 Å². The summed E-state index contributed by atoms with van der Waals surface area (Å²) in [4.78, 5) is 4.76. The predicted octanol–water partition coefficient (Wildman–Crippen LogP) is 2.37. The average molecular weight is 314 g/mol. The third-order valence-electron chi connectivity index (χ3n) is 4.05. The molecule has 0 aliphatic carbocycles. The molecule has 4 aromatic rings. The highest BCUT2D eigenvalue weighted by atomic mass is 16.4. The summed E-state index contributed by atoms with van der Waals surface area (Å²) < 4.78 is 1.97. The number of fused-ring (bicyclic) bond motifs is 1. The summed E-state index contributed by atoms with van der Waals surface area (Å²) in [7, 11) is -1.55. The molecule has 0 aliphatic rings. The van der Waals surface area contributed by atoms with Gasteiger partial charge in [-0.1, -0.05) is 60.7 Å². The van der Waals surface area contributed by atoms with E-state index in [9.17, 15) is 10.0 Å². The van der Waals surface area contributed by atoms with E-state index in [0.717, 1.165) is 22.4 Å². The lowest BCUT2D eigenvalue weighted by atomic mass is 9.79. The highest BCUT2D eigenvalue weighted by molar-refractivity contribution is 6.60. The molecule has 0 amide bonds. The highest BCUT2D eigenvalue weighted by Gasteiger charge is 2.21. The largest absolute Gasteiger partial charge is 0.490 e. The van der Waals surface area contributed by atoms with Crippen LogP contribution in [0, 0.1) is 0 Å². The van der Waals surface area contributed by atoms with Crippen LogP contribution in [0.15, 0.2) is 78.9 Å². The minimum Gasteiger partial charge on any atom is -0.423 e. The minimum absolute atomic E-state index is 0.442. The van der Waals surface area contributed by atoms with Gasteiger partial charge in [0, 0.05) is 16.7 Å². The minimum atomic E-state index is -1.55. The van der Waals surface area contributed by atoms with E-state index in [-0.39, 0.29) is 0 Å². The molecular weight excluding hydrogens is 299 g/mol. The Labute approximate surface area is 139 Å². The van der Waals surface area contributed by atoms with Crippen molar-refractivity contribution in [3.63, 3.8) is 0 Å². The molecule has 0 atom stereocenters. The van der Waals surface area contributed by atoms with Gasteiger partial charge >= 0.3 is 7.12 Å². The van der Waals surface area contributed by atoms with Crippen molar-refractivity contribution in [2.45, 2.75) is 0 Å². The van der Waals surface area contributed by atoms with Gasteiger partial charge in [-0.05, 0) is 18.2 Å². The zero-order valence-electron chi connectivity index (χ0n) is 12.9. The van der Waals surface area contributed by atoms with Crippen LogP contribution in [0.3, 0.4) is 0 Å². The molecule has 0 saturated carbocycles. The Kier molecular flexibility index (Phi) is 3.65. The van der Waals surface area contributed by atoms with E-state index >= 15 is 0 Å². The Hall–Kier alpha value is -2.89. The van der Waals surface area contributed by atoms with Crippen LogP contribution >= 0.6 is 0 Å². The first-order valence-corrected chi connectivity index (χ1v) is 7.74. The number of hydrogen-bond donors (Lipinski definition) is 2. The molecule has 0 radical (unpaired) electrons. The molecule has 0 bridgehead atoms. The first-order chi connectivity index (χ1) is 11.8. The van der Waals surface area contributed by atoms with Crippen molar-refractivity contribution in [2.75, 3.05) is 0 Å². The Bertz CT molecular complexity index is 997. The van der Waals surface area contributed by atoms with Gasteiger partial charge in [-0.25, -0.2) is 4.98 Å². The maximum Gasteiger partial charge on any atom is 0.490 e. The van der Waals surface area contributed by atoms with Crippen molar-refractivity contribution >= 4 is 23.6 Å². The summed E-state index contributed by atoms with van der Waals surface area (Å²) in [5.41, 5.74) is 3.90. The van der Waals surface area contributed by atoms with Crippen LogP contribution in [-0.2, 0) is 0 Å². The van der Waals surface area contributed by atoms with Gasteiger partial charge in [0.05, 0.1) is 11.0 Å². The van der Waals surface area contributed by atoms with Gasteiger partial charge in [0.1, 0.15) is 5.82 Å². The summed E-state index contributed by atoms with van der Waals surface area (Å²) in [6.45, 7) is 0. The Morgan fingerprint density at radius 1 is 0.750 bits per heavy atom. The van der Waals surface area contributed by atoms with Gasteiger partial charge in [-0.15, -0.1) is 0 Å². The zero-order chi connectivity index (χ0) is 16.5. The molecule has 24 heavy (non-hydrogen) atoms. The smallest absolute Gasteiger partial charge is 0.423 e. The number of nitrogens with zero attached hydrogens (tertiary/aromatic N) is 2. The van der Waals surface area contributed by atoms with Crippen LogP contribution in [0.1, 0.15) is 0 Å². The lowest BCUT2D eigenvalue weighted by molar-refractivity contribution is 0.425. The summed E-state index contributed by atoms with van der Waals surface area (Å²) in [6.07, 6.45) is 0. The molecular formula is C19H15BN2O2. The summed E-state index contributed by atoms with van der Waals surface area (Å²) in [5.74, 6) is 0.768. The van der Waals surface area contributed by atoms with Crippen molar-refractivity contribution in [3.05, 3.63) is 78.9 Å². The van der Waals surface area contributed by atoms with Crippen molar-refractivity contribution in [2.24, 2.45) is 0 Å². The monoisotopic (exact) mass is 314 g/mol. The maximum atomic E-state index is 9.76. The topological polar surface area (TPSA) is 58.3 Å². The molecule has 0 aliphatic heterocycles. The first-order valence-electron chi connectivity index (χ1n) is 7.74. The van der Waals surface area contributed by atoms with Gasteiger partial charge in [0.15, 0.2) is 0 Å². The molecule has 0 unspecified atom stereocenters. The van der Waals surface area contributed by atoms with E-state index < -0.39 is 7.12 Å². The number of aromatic nitrogens is 2. The fourth-order valence-corrected chi connectivity index (χ4v) is 2.96. The maximum absolute atomic E-state index is 9.76. The van der Waals surface area contributed by atoms with Crippen LogP contribution in [0.2, 0.25) is 0 Å². The molecule has 3 aromatic carbocycles. The number of rotatable bonds is 3. The van der Waals surface area contributed by atoms with Crippen molar-refractivity contribution in [1.29, 1.82) is 0 Å². The molecule has 4 rings (SSSR count). The molecule has 0 saturated heterocycles. The van der Waals surface area contributed by atoms with E-state index in [4.69, 9.17) is 4.98 Å². The summed E-state index contributed by atoms with van der Waals surface area (Å²) >= 11 is 0. The second-order valence-electron chi connectivity index (χ2n) is 5.56. The summed E-state index contributed by atoms with van der Waals surface area (Å²) in [6, 6.07) is 25.0. The molecule has 4 nitrogen and oxygen atoms in total. The SMILES string of the molecule is OB(O)c1ccccc1-n1c(-c2ccccc2)nc2ccccc21. The predicted molar refractivity (Wildman–Crippen MR) is 96.3 cm³/mol. The fraction of sp³-hybridized carbons (Fsp3) is 0. The van der Waals surface area contributed by atoms with Crippen LogP contribution < -0.4 is 5.46 Å². The second-order valence-corrected chi connectivity index (χ2v) is 5.56. The second kappa shape index (κ2) is 5.96. The van der Waals surface area contributed by atoms with Crippen LogP contribution in [-0.4, -0.2) is 26.7 Å². The lowest BCUT2D eigenvalue weighted by Crippen LogP contribution is -2.33. The van der Waals surface area contributed by atoms with Crippen LogP contribution in [0.25, 0.3) is 28.1 Å². The Balaban J connectivity index is 2.08. The van der Waals surface area contributed by atoms with Gasteiger partial charge in [-0.2, -0.15) is 0 Å². The molecule has 5 heteroatoms. The van der Waals surface area contributed by atoms with E-state index in [0.29, 0.717) is 11.2 Å². The van der Waals surface area contributed by atoms with Gasteiger partial charge in [0.25, 0.3) is 0 Å². The van der Waals surface area contributed by atoms with Crippen LogP contribution in [0.4, 0.5) is 0 Å². The van der Waals surface area contributed by atoms with Gasteiger partial charge in [-0.3, -0.25) is 4.57 Å². The van der Waals surface area contributed by atoms with E-state index in [1.54, 1.807) is 12.1 Å². The Morgan fingerprint density at radius 2 is 1.42 bits per heavy atom. The van der Waals surface area contributed by atoms with Gasteiger partial charge in [0.2, 0.25) is 0 Å². The van der Waals surface area contributed by atoms with Gasteiger partial charge < -0.3 is 10.0 Å². The van der Waals surface area contributed by atoms with Crippen molar-refractivity contribution in [1.82, 2.24) is 9.55 Å². The molecule has 0 fully saturated rings. The Morgan fingerprint density at radius 3 is 2.21 bits per heavy atom. The summed E-state index contributed by atoms with van der Waals surface area (Å²) in [5, 5.41) is 19.5. The van der Waals surface area contributed by atoms with E-state index in [2.05, 4.69) is 0 Å². The number of para-hydroxylation sites is 3. The van der Waals surface area contributed by atoms with E-state index in [1.165, 1.54) is 0 Å². The molecule has 2 N–H and O–H groups in total. The lowest BCUT2D eigenvalue weighted by Gasteiger charge is -2.14.